The van der Waals surface area contributed by atoms with Crippen molar-refractivity contribution in [1.29, 1.82) is 0 Å². The summed E-state index contributed by atoms with van der Waals surface area (Å²) in [5, 5.41) is 0.603. The second kappa shape index (κ2) is 9.91. The largest absolute Gasteiger partial charge is 0.479 e. The molecule has 1 aromatic heterocycles. The summed E-state index contributed by atoms with van der Waals surface area (Å²) in [4.78, 5) is 22.6. The first-order valence-corrected chi connectivity index (χ1v) is 12.2. The molecule has 1 aliphatic heterocycles. The first kappa shape index (κ1) is 22.5. The van der Waals surface area contributed by atoms with E-state index in [0.717, 1.165) is 22.6 Å². The Balaban J connectivity index is 1.19. The van der Waals surface area contributed by atoms with Crippen molar-refractivity contribution in [2.24, 2.45) is 0 Å². The summed E-state index contributed by atoms with van der Waals surface area (Å²) in [5.41, 5.74) is 2.44. The van der Waals surface area contributed by atoms with Crippen molar-refractivity contribution < 1.29 is 19.0 Å². The van der Waals surface area contributed by atoms with Crippen LogP contribution >= 0.6 is 23.4 Å². The number of halogens is 1. The highest BCUT2D eigenvalue weighted by Gasteiger charge is 2.26. The zero-order valence-electron chi connectivity index (χ0n) is 18.3. The van der Waals surface area contributed by atoms with E-state index in [0.29, 0.717) is 33.4 Å². The van der Waals surface area contributed by atoms with Crippen LogP contribution in [0.2, 0.25) is 5.02 Å². The van der Waals surface area contributed by atoms with Gasteiger partial charge in [0.25, 0.3) is 0 Å². The van der Waals surface area contributed by atoms with Crippen molar-refractivity contribution in [1.82, 2.24) is 9.97 Å². The fourth-order valence-corrected chi connectivity index (χ4v) is 4.90. The Hall–Kier alpha value is -3.29. The number of esters is 1. The van der Waals surface area contributed by atoms with Crippen molar-refractivity contribution in [2.45, 2.75) is 30.4 Å². The van der Waals surface area contributed by atoms with E-state index in [1.165, 1.54) is 0 Å². The number of aromatic nitrogens is 2. The van der Waals surface area contributed by atoms with E-state index in [1.807, 2.05) is 18.2 Å². The van der Waals surface area contributed by atoms with Crippen LogP contribution in [0.15, 0.2) is 77.8 Å². The molecule has 5 rings (SSSR count). The molecular formula is C26H21ClN2O4S. The molecule has 2 atom stereocenters. The number of benzene rings is 3. The molecule has 6 nitrogen and oxygen atoms in total. The van der Waals surface area contributed by atoms with Crippen LogP contribution < -0.4 is 9.47 Å². The van der Waals surface area contributed by atoms with Gasteiger partial charge in [0.2, 0.25) is 5.88 Å². The third-order valence-corrected chi connectivity index (χ3v) is 6.69. The molecular weight excluding hydrogens is 472 g/mol. The summed E-state index contributed by atoms with van der Waals surface area (Å²) in [5.74, 6) is 2.00. The summed E-state index contributed by atoms with van der Waals surface area (Å²) in [7, 11) is 0. The second-order valence-electron chi connectivity index (χ2n) is 7.78. The van der Waals surface area contributed by atoms with Crippen LogP contribution in [-0.4, -0.2) is 27.8 Å². The fourth-order valence-electron chi connectivity index (χ4n) is 3.64. The van der Waals surface area contributed by atoms with Gasteiger partial charge in [0.05, 0.1) is 17.2 Å². The van der Waals surface area contributed by atoms with Gasteiger partial charge < -0.3 is 14.2 Å². The standard InChI is InChI=1S/C26H21ClN2O4S/c1-16(26(30)33-23-12-13-34-24-5-3-2-4-20(23)24)31-18-7-9-19(10-8-18)32-25-15-28-22-14-17(27)6-11-21(22)29-25/h2-11,14-16,23H,12-13H2,1H3. The van der Waals surface area contributed by atoms with Crippen molar-refractivity contribution in [3.05, 3.63) is 83.5 Å². The number of hydrogen-bond donors (Lipinski definition) is 0. The quantitative estimate of drug-likeness (QED) is 0.280. The van der Waals surface area contributed by atoms with Crippen LogP contribution in [0.3, 0.4) is 0 Å². The number of rotatable bonds is 6. The highest BCUT2D eigenvalue weighted by atomic mass is 35.5. The molecule has 0 aliphatic carbocycles. The Morgan fingerprint density at radius 1 is 1.06 bits per heavy atom. The molecule has 0 fully saturated rings. The molecule has 1 aliphatic rings. The van der Waals surface area contributed by atoms with Gasteiger partial charge in [0.15, 0.2) is 6.10 Å². The topological polar surface area (TPSA) is 70.5 Å². The van der Waals surface area contributed by atoms with E-state index in [4.69, 9.17) is 25.8 Å². The number of fused-ring (bicyclic) bond motifs is 2. The minimum atomic E-state index is -0.744. The third kappa shape index (κ3) is 5.11. The molecule has 0 saturated carbocycles. The van der Waals surface area contributed by atoms with Crippen molar-refractivity contribution >= 4 is 40.4 Å². The predicted molar refractivity (Wildman–Crippen MR) is 132 cm³/mol. The van der Waals surface area contributed by atoms with Gasteiger partial charge in [-0.05, 0) is 61.9 Å². The maximum atomic E-state index is 12.7. The molecule has 2 unspecified atom stereocenters. The first-order valence-electron chi connectivity index (χ1n) is 10.8. The molecule has 0 N–H and O–H groups in total. The number of carbonyl (C=O) groups excluding carboxylic acids is 1. The van der Waals surface area contributed by atoms with Gasteiger partial charge in [0, 0.05) is 21.2 Å². The molecule has 0 spiro atoms. The number of thioether (sulfide) groups is 1. The lowest BCUT2D eigenvalue weighted by Gasteiger charge is -2.26. The Morgan fingerprint density at radius 2 is 1.85 bits per heavy atom. The lowest BCUT2D eigenvalue weighted by atomic mass is 10.1. The van der Waals surface area contributed by atoms with Gasteiger partial charge in [-0.15, -0.1) is 11.8 Å². The van der Waals surface area contributed by atoms with Crippen LogP contribution in [-0.2, 0) is 9.53 Å². The minimum absolute atomic E-state index is 0.245. The van der Waals surface area contributed by atoms with Crippen molar-refractivity contribution in [3.63, 3.8) is 0 Å². The minimum Gasteiger partial charge on any atom is -0.479 e. The summed E-state index contributed by atoms with van der Waals surface area (Å²) in [6.45, 7) is 1.69. The molecule has 0 bridgehead atoms. The summed E-state index contributed by atoms with van der Waals surface area (Å²) in [6.07, 6.45) is 1.34. The second-order valence-corrected chi connectivity index (χ2v) is 9.35. The number of carbonyl (C=O) groups is 1. The van der Waals surface area contributed by atoms with E-state index in [1.54, 1.807) is 67.3 Å². The molecule has 172 valence electrons. The molecule has 34 heavy (non-hydrogen) atoms. The summed E-state index contributed by atoms with van der Waals surface area (Å²) in [6, 6.07) is 20.3. The van der Waals surface area contributed by atoms with Crippen LogP contribution in [0.25, 0.3) is 11.0 Å². The van der Waals surface area contributed by atoms with Gasteiger partial charge in [0.1, 0.15) is 17.6 Å². The fraction of sp³-hybridized carbons (Fsp3) is 0.192. The molecule has 4 aromatic rings. The van der Waals surface area contributed by atoms with E-state index in [9.17, 15) is 4.79 Å². The Labute approximate surface area is 206 Å². The molecule has 8 heteroatoms. The van der Waals surface area contributed by atoms with Crippen LogP contribution in [0.1, 0.15) is 25.0 Å². The molecule has 3 aromatic carbocycles. The molecule has 0 saturated heterocycles. The van der Waals surface area contributed by atoms with Crippen LogP contribution in [0.5, 0.6) is 17.4 Å². The van der Waals surface area contributed by atoms with Crippen LogP contribution in [0, 0.1) is 0 Å². The van der Waals surface area contributed by atoms with E-state index < -0.39 is 12.1 Å². The van der Waals surface area contributed by atoms with Gasteiger partial charge in [-0.3, -0.25) is 0 Å². The summed E-state index contributed by atoms with van der Waals surface area (Å²) >= 11 is 7.77. The first-order chi connectivity index (χ1) is 16.5. The number of ether oxygens (including phenoxy) is 3. The highest BCUT2D eigenvalue weighted by molar-refractivity contribution is 7.99. The smallest absolute Gasteiger partial charge is 0.347 e. The lowest BCUT2D eigenvalue weighted by Crippen LogP contribution is -2.28. The Morgan fingerprint density at radius 3 is 2.71 bits per heavy atom. The van der Waals surface area contributed by atoms with Gasteiger partial charge in [-0.2, -0.15) is 0 Å². The lowest BCUT2D eigenvalue weighted by molar-refractivity contribution is -0.157. The van der Waals surface area contributed by atoms with Crippen molar-refractivity contribution in [2.75, 3.05) is 5.75 Å². The Bertz CT molecular complexity index is 1330. The average Bonchev–Trinajstić information content (AvgIpc) is 2.85. The zero-order chi connectivity index (χ0) is 23.5. The predicted octanol–water partition coefficient (Wildman–Crippen LogP) is 6.62. The third-order valence-electron chi connectivity index (χ3n) is 5.34. The maximum Gasteiger partial charge on any atom is 0.347 e. The van der Waals surface area contributed by atoms with Gasteiger partial charge >= 0.3 is 5.97 Å². The summed E-state index contributed by atoms with van der Waals surface area (Å²) < 4.78 is 17.4. The zero-order valence-corrected chi connectivity index (χ0v) is 19.9. The highest BCUT2D eigenvalue weighted by Crippen LogP contribution is 2.38. The van der Waals surface area contributed by atoms with E-state index in [2.05, 4.69) is 16.0 Å². The molecule has 0 amide bonds. The van der Waals surface area contributed by atoms with Gasteiger partial charge in [-0.1, -0.05) is 29.8 Å². The SMILES string of the molecule is CC(Oc1ccc(Oc2cnc3cc(Cl)ccc3n2)cc1)C(=O)OC1CCSc2ccccc21. The van der Waals surface area contributed by atoms with Gasteiger partial charge in [-0.25, -0.2) is 14.8 Å². The number of nitrogens with zero attached hydrogens (tertiary/aromatic N) is 2. The molecule has 0 radical (unpaired) electrons. The number of hydrogen-bond acceptors (Lipinski definition) is 7. The average molecular weight is 493 g/mol. The van der Waals surface area contributed by atoms with Crippen LogP contribution in [0.4, 0.5) is 0 Å². The Kier molecular flexibility index (Phi) is 6.56. The van der Waals surface area contributed by atoms with Crippen molar-refractivity contribution in [3.8, 4) is 17.4 Å². The molecule has 2 heterocycles. The van der Waals surface area contributed by atoms with E-state index in [-0.39, 0.29) is 6.10 Å². The van der Waals surface area contributed by atoms with E-state index >= 15 is 0 Å². The normalized spacial score (nSPS) is 15.9. The maximum absolute atomic E-state index is 12.7. The monoisotopic (exact) mass is 492 g/mol.